The maximum Gasteiger partial charge on any atom is 0.216 e. The quantitative estimate of drug-likeness (QED) is 0.543. The Bertz CT molecular complexity index is 911. The van der Waals surface area contributed by atoms with Crippen LogP contribution in [0.1, 0.15) is 21.9 Å². The third kappa shape index (κ3) is 3.15. The summed E-state index contributed by atoms with van der Waals surface area (Å²) in [5, 5.41) is 25.3. The van der Waals surface area contributed by atoms with Crippen LogP contribution < -0.4 is 5.32 Å². The van der Waals surface area contributed by atoms with E-state index in [1.807, 2.05) is 6.07 Å². The fraction of sp³-hybridized carbons (Fsp3) is 0. The number of pyridine rings is 1. The van der Waals surface area contributed by atoms with Gasteiger partial charge in [-0.15, -0.1) is 10.2 Å². The van der Waals surface area contributed by atoms with Crippen molar-refractivity contribution in [3.8, 4) is 6.07 Å². The number of anilines is 1. The van der Waals surface area contributed by atoms with E-state index < -0.39 is 0 Å². The van der Waals surface area contributed by atoms with Crippen molar-refractivity contribution >= 4 is 17.0 Å². The highest BCUT2D eigenvalue weighted by Gasteiger charge is 2.14. The zero-order chi connectivity index (χ0) is 16.8. The number of hydrogen-bond donors (Lipinski definition) is 2. The van der Waals surface area contributed by atoms with Gasteiger partial charge in [-0.2, -0.15) is 10.5 Å². The van der Waals surface area contributed by atoms with Gasteiger partial charge in [-0.1, -0.05) is 18.2 Å². The maximum absolute atomic E-state index is 12.6. The lowest BCUT2D eigenvalue weighted by Crippen LogP contribution is -2.07. The minimum absolute atomic E-state index is 0.165. The molecule has 0 unspecified atom stereocenters. The molecule has 2 N–H and O–H groups in total. The van der Waals surface area contributed by atoms with Crippen LogP contribution in [0.2, 0.25) is 0 Å². The topological polar surface area (TPSA) is 120 Å². The molecular weight excluding hydrogens is 306 g/mol. The number of aromatic amines is 1. The van der Waals surface area contributed by atoms with Crippen LogP contribution in [0.3, 0.4) is 0 Å². The Labute approximate surface area is 136 Å². The summed E-state index contributed by atoms with van der Waals surface area (Å²) in [4.78, 5) is 16.7. The number of benzene rings is 1. The SMILES string of the molecule is N#CC(=CNc1ccccc1C(=O)c1ccccn1)c1nn[nH]n1. The number of para-hydroxylation sites is 1. The summed E-state index contributed by atoms with van der Waals surface area (Å²) in [5.74, 6) is -0.0521. The summed E-state index contributed by atoms with van der Waals surface area (Å²) >= 11 is 0. The van der Waals surface area contributed by atoms with Crippen molar-refractivity contribution in [2.24, 2.45) is 0 Å². The monoisotopic (exact) mass is 317 g/mol. The van der Waals surface area contributed by atoms with Gasteiger partial charge in [0, 0.05) is 23.6 Å². The molecular formula is C16H11N7O. The van der Waals surface area contributed by atoms with Crippen molar-refractivity contribution in [3.63, 3.8) is 0 Å². The molecule has 0 atom stereocenters. The van der Waals surface area contributed by atoms with Crippen LogP contribution >= 0.6 is 0 Å². The second kappa shape index (κ2) is 6.93. The van der Waals surface area contributed by atoms with Crippen LogP contribution in [0, 0.1) is 11.3 Å². The van der Waals surface area contributed by atoms with Gasteiger partial charge in [0.15, 0.2) is 0 Å². The third-order valence-corrected chi connectivity index (χ3v) is 3.15. The number of hydrogen-bond acceptors (Lipinski definition) is 7. The summed E-state index contributed by atoms with van der Waals surface area (Å²) in [6.45, 7) is 0. The van der Waals surface area contributed by atoms with Crippen LogP contribution in [0.15, 0.2) is 54.9 Å². The van der Waals surface area contributed by atoms with E-state index in [1.54, 1.807) is 48.7 Å². The van der Waals surface area contributed by atoms with Crippen molar-refractivity contribution in [2.45, 2.75) is 0 Å². The van der Waals surface area contributed by atoms with E-state index in [9.17, 15) is 10.1 Å². The first kappa shape index (κ1) is 15.1. The zero-order valence-electron chi connectivity index (χ0n) is 12.3. The highest BCUT2D eigenvalue weighted by atomic mass is 16.1. The van der Waals surface area contributed by atoms with Gasteiger partial charge in [-0.3, -0.25) is 9.78 Å². The Morgan fingerprint density at radius 2 is 2.04 bits per heavy atom. The predicted octanol–water partition coefficient (Wildman–Crippen LogP) is 1.80. The average molecular weight is 317 g/mol. The molecule has 0 aliphatic rings. The number of nitriles is 1. The second-order valence-corrected chi connectivity index (χ2v) is 4.64. The number of ketones is 1. The minimum atomic E-state index is -0.217. The molecule has 3 rings (SSSR count). The fourth-order valence-electron chi connectivity index (χ4n) is 2.01. The molecule has 0 saturated carbocycles. The minimum Gasteiger partial charge on any atom is -0.360 e. The molecule has 2 heterocycles. The normalized spacial score (nSPS) is 10.9. The Kier molecular flexibility index (Phi) is 4.35. The molecule has 0 bridgehead atoms. The highest BCUT2D eigenvalue weighted by Crippen LogP contribution is 2.19. The van der Waals surface area contributed by atoms with Crippen LogP contribution in [-0.4, -0.2) is 31.4 Å². The number of H-pyrrole nitrogens is 1. The molecule has 0 aliphatic heterocycles. The van der Waals surface area contributed by atoms with Gasteiger partial charge in [0.25, 0.3) is 0 Å². The highest BCUT2D eigenvalue weighted by molar-refractivity contribution is 6.11. The molecule has 0 aliphatic carbocycles. The Hall–Kier alpha value is -3.86. The molecule has 0 radical (unpaired) electrons. The van der Waals surface area contributed by atoms with E-state index in [4.69, 9.17) is 0 Å². The number of nitrogens with one attached hydrogen (secondary N) is 2. The van der Waals surface area contributed by atoms with Gasteiger partial charge in [-0.25, -0.2) is 0 Å². The van der Waals surface area contributed by atoms with E-state index >= 15 is 0 Å². The van der Waals surface area contributed by atoms with Gasteiger partial charge >= 0.3 is 0 Å². The van der Waals surface area contributed by atoms with E-state index in [0.29, 0.717) is 16.9 Å². The summed E-state index contributed by atoms with van der Waals surface area (Å²) in [6.07, 6.45) is 2.99. The number of carbonyl (C=O) groups excluding carboxylic acids is 1. The average Bonchev–Trinajstić information content (AvgIpc) is 3.17. The van der Waals surface area contributed by atoms with Crippen LogP contribution in [0.25, 0.3) is 5.57 Å². The van der Waals surface area contributed by atoms with Gasteiger partial charge in [0.1, 0.15) is 17.3 Å². The second-order valence-electron chi connectivity index (χ2n) is 4.64. The zero-order valence-corrected chi connectivity index (χ0v) is 12.3. The fourth-order valence-corrected chi connectivity index (χ4v) is 2.01. The summed E-state index contributed by atoms with van der Waals surface area (Å²) in [7, 11) is 0. The number of allylic oxidation sites excluding steroid dienone is 1. The molecule has 0 amide bonds. The van der Waals surface area contributed by atoms with Gasteiger partial charge in [0.05, 0.1) is 0 Å². The predicted molar refractivity (Wildman–Crippen MR) is 85.5 cm³/mol. The van der Waals surface area contributed by atoms with Crippen molar-refractivity contribution in [2.75, 3.05) is 5.32 Å². The Balaban J connectivity index is 1.90. The number of tetrazole rings is 1. The molecule has 116 valence electrons. The molecule has 3 aromatic rings. The van der Waals surface area contributed by atoms with Gasteiger partial charge in [-0.05, 0) is 29.5 Å². The lowest BCUT2D eigenvalue weighted by molar-refractivity contribution is 0.103. The Morgan fingerprint density at radius 3 is 2.75 bits per heavy atom. The maximum atomic E-state index is 12.6. The van der Waals surface area contributed by atoms with Crippen molar-refractivity contribution in [1.82, 2.24) is 25.6 Å². The molecule has 1 aromatic carbocycles. The van der Waals surface area contributed by atoms with Crippen LogP contribution in [0.5, 0.6) is 0 Å². The van der Waals surface area contributed by atoms with E-state index in [0.717, 1.165) is 0 Å². The molecule has 0 saturated heterocycles. The molecule has 0 fully saturated rings. The van der Waals surface area contributed by atoms with E-state index in [2.05, 4.69) is 30.9 Å². The lowest BCUT2D eigenvalue weighted by Gasteiger charge is -2.08. The Morgan fingerprint density at radius 1 is 1.21 bits per heavy atom. The van der Waals surface area contributed by atoms with Crippen molar-refractivity contribution in [3.05, 3.63) is 71.9 Å². The van der Waals surface area contributed by atoms with Crippen LogP contribution in [0.4, 0.5) is 5.69 Å². The van der Waals surface area contributed by atoms with Gasteiger partial charge < -0.3 is 5.32 Å². The molecule has 8 nitrogen and oxygen atoms in total. The number of aromatic nitrogens is 5. The molecule has 0 spiro atoms. The third-order valence-electron chi connectivity index (χ3n) is 3.15. The number of carbonyl (C=O) groups is 1. The number of nitrogens with zero attached hydrogens (tertiary/aromatic N) is 5. The van der Waals surface area contributed by atoms with E-state index in [1.165, 1.54) is 6.20 Å². The first-order valence-corrected chi connectivity index (χ1v) is 6.95. The van der Waals surface area contributed by atoms with Crippen molar-refractivity contribution < 1.29 is 4.79 Å². The van der Waals surface area contributed by atoms with Crippen LogP contribution in [-0.2, 0) is 0 Å². The first-order valence-electron chi connectivity index (χ1n) is 6.95. The van der Waals surface area contributed by atoms with Crippen molar-refractivity contribution in [1.29, 1.82) is 5.26 Å². The molecule has 8 heteroatoms. The summed E-state index contributed by atoms with van der Waals surface area (Å²) in [6, 6.07) is 14.1. The molecule has 2 aromatic heterocycles. The summed E-state index contributed by atoms with van der Waals surface area (Å²) in [5.41, 5.74) is 1.51. The number of rotatable bonds is 5. The summed E-state index contributed by atoms with van der Waals surface area (Å²) < 4.78 is 0. The molecule has 24 heavy (non-hydrogen) atoms. The first-order chi connectivity index (χ1) is 11.8. The van der Waals surface area contributed by atoms with Gasteiger partial charge in [0.2, 0.25) is 11.6 Å². The van der Waals surface area contributed by atoms with E-state index in [-0.39, 0.29) is 17.2 Å². The lowest BCUT2D eigenvalue weighted by atomic mass is 10.1. The smallest absolute Gasteiger partial charge is 0.216 e. The standard InChI is InChI=1S/C16H11N7O/c17-9-11(16-20-22-23-21-16)10-19-13-6-2-1-5-12(13)15(24)14-7-3-4-8-18-14/h1-8,10,19H,(H,20,21,22,23). The largest absolute Gasteiger partial charge is 0.360 e.